The average Bonchev–Trinajstić information content (AvgIpc) is 3.28. The second-order valence-electron chi connectivity index (χ2n) is 7.77. The molecule has 2 aliphatic carbocycles. The van der Waals surface area contributed by atoms with E-state index in [0.717, 1.165) is 5.92 Å². The Hall–Kier alpha value is -2.18. The molecular formula is C19H27N3O4. The lowest BCUT2D eigenvalue weighted by atomic mass is 9.84. The molecule has 3 rings (SSSR count). The van der Waals surface area contributed by atoms with Gasteiger partial charge >= 0.3 is 5.97 Å². The first-order valence-corrected chi connectivity index (χ1v) is 9.29. The van der Waals surface area contributed by atoms with E-state index in [4.69, 9.17) is 4.74 Å². The van der Waals surface area contributed by atoms with Crippen LogP contribution in [-0.2, 0) is 21.4 Å². The number of nitrogens with one attached hydrogen (secondary N) is 1. The topological polar surface area (TPSA) is 90.3 Å². The Bertz CT molecular complexity index is 739. The van der Waals surface area contributed by atoms with Gasteiger partial charge in [-0.2, -0.15) is 5.10 Å². The predicted molar refractivity (Wildman–Crippen MR) is 94.5 cm³/mol. The number of amides is 1. The number of carbonyl (C=O) groups excluding carboxylic acids is 3. The Labute approximate surface area is 153 Å². The number of esters is 1. The van der Waals surface area contributed by atoms with Crippen molar-refractivity contribution < 1.29 is 19.1 Å². The van der Waals surface area contributed by atoms with Crippen LogP contribution < -0.4 is 5.32 Å². The first kappa shape index (κ1) is 18.6. The maximum atomic E-state index is 12.3. The van der Waals surface area contributed by atoms with Crippen molar-refractivity contribution in [3.05, 3.63) is 17.0 Å². The molecule has 0 radical (unpaired) electrons. The van der Waals surface area contributed by atoms with Crippen molar-refractivity contribution in [1.82, 2.24) is 15.1 Å². The fraction of sp³-hybridized carbons (Fsp3) is 0.684. The minimum Gasteiger partial charge on any atom is -0.450 e. The standard InChI is InChI=1S/C19H27N3O4/c1-10(15-8-13-5-6-14(15)7-13)20-16(23)9-26-19(25)18(24)17-11(2)21-22(4)12(17)3/h10,13-15H,5-9H2,1-4H3,(H,20,23). The predicted octanol–water partition coefficient (Wildman–Crippen LogP) is 1.70. The molecule has 0 spiro atoms. The molecule has 7 nitrogen and oxygen atoms in total. The van der Waals surface area contributed by atoms with Crippen molar-refractivity contribution >= 4 is 17.7 Å². The molecule has 1 aromatic heterocycles. The molecule has 2 aliphatic rings. The molecule has 0 aromatic carbocycles. The number of aryl methyl sites for hydroxylation is 2. The van der Waals surface area contributed by atoms with Gasteiger partial charge in [-0.15, -0.1) is 0 Å². The van der Waals surface area contributed by atoms with E-state index in [1.165, 1.54) is 25.7 Å². The second-order valence-corrected chi connectivity index (χ2v) is 7.77. The van der Waals surface area contributed by atoms with Crippen molar-refractivity contribution in [2.45, 2.75) is 52.5 Å². The summed E-state index contributed by atoms with van der Waals surface area (Å²) in [5, 5.41) is 7.04. The summed E-state index contributed by atoms with van der Waals surface area (Å²) in [7, 11) is 1.70. The van der Waals surface area contributed by atoms with E-state index >= 15 is 0 Å². The van der Waals surface area contributed by atoms with E-state index in [1.807, 2.05) is 6.92 Å². The summed E-state index contributed by atoms with van der Waals surface area (Å²) in [6, 6.07) is 0.0648. The van der Waals surface area contributed by atoms with Gasteiger partial charge in [-0.05, 0) is 57.8 Å². The van der Waals surface area contributed by atoms with Crippen molar-refractivity contribution in [2.75, 3.05) is 6.61 Å². The number of carbonyl (C=O) groups is 3. The van der Waals surface area contributed by atoms with Crippen molar-refractivity contribution in [1.29, 1.82) is 0 Å². The van der Waals surface area contributed by atoms with Crippen LogP contribution in [0.25, 0.3) is 0 Å². The molecule has 1 N–H and O–H groups in total. The van der Waals surface area contributed by atoms with Crippen LogP contribution in [0, 0.1) is 31.6 Å². The van der Waals surface area contributed by atoms with Crippen LogP contribution in [-0.4, -0.2) is 40.1 Å². The Kier molecular flexibility index (Phi) is 5.16. The number of rotatable bonds is 6. The Morgan fingerprint density at radius 2 is 2.00 bits per heavy atom. The molecule has 2 fully saturated rings. The fourth-order valence-corrected chi connectivity index (χ4v) is 4.71. The lowest BCUT2D eigenvalue weighted by molar-refractivity contribution is -0.144. The lowest BCUT2D eigenvalue weighted by Crippen LogP contribution is -2.42. The van der Waals surface area contributed by atoms with Crippen LogP contribution in [0.5, 0.6) is 0 Å². The highest BCUT2D eigenvalue weighted by Crippen LogP contribution is 2.49. The zero-order valence-electron chi connectivity index (χ0n) is 15.9. The van der Waals surface area contributed by atoms with Gasteiger partial charge in [0.05, 0.1) is 11.3 Å². The highest BCUT2D eigenvalue weighted by molar-refractivity contribution is 6.41. The van der Waals surface area contributed by atoms with Crippen LogP contribution >= 0.6 is 0 Å². The van der Waals surface area contributed by atoms with Crippen LogP contribution in [0.1, 0.15) is 54.4 Å². The van der Waals surface area contributed by atoms with Gasteiger partial charge in [0, 0.05) is 18.8 Å². The lowest BCUT2D eigenvalue weighted by Gasteiger charge is -2.28. The van der Waals surface area contributed by atoms with Gasteiger partial charge in [0.2, 0.25) is 0 Å². The molecule has 2 bridgehead atoms. The number of fused-ring (bicyclic) bond motifs is 2. The van der Waals surface area contributed by atoms with E-state index in [2.05, 4.69) is 10.4 Å². The van der Waals surface area contributed by atoms with E-state index in [1.54, 1.807) is 25.6 Å². The summed E-state index contributed by atoms with van der Waals surface area (Å²) in [5.41, 5.74) is 1.31. The Morgan fingerprint density at radius 3 is 2.54 bits per heavy atom. The van der Waals surface area contributed by atoms with Gasteiger partial charge in [-0.1, -0.05) is 6.42 Å². The second kappa shape index (κ2) is 7.21. The van der Waals surface area contributed by atoms with Crippen LogP contribution in [0.15, 0.2) is 0 Å². The van der Waals surface area contributed by atoms with Crippen molar-refractivity contribution in [2.24, 2.45) is 24.8 Å². The Morgan fingerprint density at radius 1 is 1.27 bits per heavy atom. The molecule has 4 atom stereocenters. The maximum Gasteiger partial charge on any atom is 0.380 e. The number of hydrogen-bond donors (Lipinski definition) is 1. The zero-order valence-corrected chi connectivity index (χ0v) is 15.9. The SMILES string of the molecule is Cc1nn(C)c(C)c1C(=O)C(=O)OCC(=O)NC(C)C1CC2CCC1C2. The molecular weight excluding hydrogens is 334 g/mol. The minimum atomic E-state index is -1.02. The number of aromatic nitrogens is 2. The number of ketones is 1. The number of ether oxygens (including phenoxy) is 1. The molecule has 1 heterocycles. The molecule has 7 heteroatoms. The molecule has 4 unspecified atom stereocenters. The summed E-state index contributed by atoms with van der Waals surface area (Å²) >= 11 is 0. The summed E-state index contributed by atoms with van der Waals surface area (Å²) < 4.78 is 6.47. The number of Topliss-reactive ketones (excluding diaryl/α,β-unsaturated/α-hetero) is 1. The summed E-state index contributed by atoms with van der Waals surface area (Å²) in [6.45, 7) is 4.95. The van der Waals surface area contributed by atoms with Gasteiger partial charge in [-0.3, -0.25) is 14.3 Å². The highest BCUT2D eigenvalue weighted by atomic mass is 16.5. The molecule has 0 aliphatic heterocycles. The van der Waals surface area contributed by atoms with Crippen molar-refractivity contribution in [3.63, 3.8) is 0 Å². The average molecular weight is 361 g/mol. The van der Waals surface area contributed by atoms with Gasteiger partial charge in [0.25, 0.3) is 11.7 Å². The minimum absolute atomic E-state index is 0.0648. The molecule has 1 aromatic rings. The van der Waals surface area contributed by atoms with E-state index in [0.29, 0.717) is 23.2 Å². The molecule has 26 heavy (non-hydrogen) atoms. The van der Waals surface area contributed by atoms with Gasteiger partial charge in [0.15, 0.2) is 6.61 Å². The molecule has 2 saturated carbocycles. The molecule has 0 saturated heterocycles. The van der Waals surface area contributed by atoms with Gasteiger partial charge < -0.3 is 10.1 Å². The van der Waals surface area contributed by atoms with Crippen LogP contribution in [0.2, 0.25) is 0 Å². The third kappa shape index (κ3) is 3.52. The number of nitrogens with zero attached hydrogens (tertiary/aromatic N) is 2. The summed E-state index contributed by atoms with van der Waals surface area (Å²) in [5.74, 6) is -0.118. The van der Waals surface area contributed by atoms with Gasteiger partial charge in [-0.25, -0.2) is 4.79 Å². The van der Waals surface area contributed by atoms with Crippen LogP contribution in [0.4, 0.5) is 0 Å². The monoisotopic (exact) mass is 361 g/mol. The number of hydrogen-bond acceptors (Lipinski definition) is 5. The van der Waals surface area contributed by atoms with E-state index < -0.39 is 18.4 Å². The normalized spacial score (nSPS) is 25.2. The summed E-state index contributed by atoms with van der Waals surface area (Å²) in [4.78, 5) is 36.4. The van der Waals surface area contributed by atoms with Gasteiger partial charge in [0.1, 0.15) is 0 Å². The molecule has 142 valence electrons. The van der Waals surface area contributed by atoms with Crippen LogP contribution in [0.3, 0.4) is 0 Å². The van der Waals surface area contributed by atoms with Crippen molar-refractivity contribution in [3.8, 4) is 0 Å². The molecule has 1 amide bonds. The van der Waals surface area contributed by atoms with E-state index in [-0.39, 0.29) is 17.5 Å². The zero-order chi connectivity index (χ0) is 19.0. The summed E-state index contributed by atoms with van der Waals surface area (Å²) in [6.07, 6.45) is 5.01. The maximum absolute atomic E-state index is 12.3. The quantitative estimate of drug-likeness (QED) is 0.473. The highest BCUT2D eigenvalue weighted by Gasteiger charge is 2.42. The third-order valence-electron chi connectivity index (χ3n) is 6.08. The Balaban J connectivity index is 1.49. The largest absolute Gasteiger partial charge is 0.450 e. The first-order chi connectivity index (χ1) is 12.3. The third-order valence-corrected chi connectivity index (χ3v) is 6.08. The first-order valence-electron chi connectivity index (χ1n) is 9.29. The fourth-order valence-electron chi connectivity index (χ4n) is 4.71. The smallest absolute Gasteiger partial charge is 0.380 e. The van der Waals surface area contributed by atoms with E-state index in [9.17, 15) is 14.4 Å².